The van der Waals surface area contributed by atoms with Crippen molar-refractivity contribution in [1.29, 1.82) is 0 Å². The van der Waals surface area contributed by atoms with Gasteiger partial charge in [0, 0.05) is 13.7 Å². The molecule has 0 aliphatic heterocycles. The summed E-state index contributed by atoms with van der Waals surface area (Å²) < 4.78 is 42.8. The van der Waals surface area contributed by atoms with Crippen LogP contribution in [0.1, 0.15) is 11.7 Å². The fourth-order valence-corrected chi connectivity index (χ4v) is 3.09. The molecule has 6 nitrogen and oxygen atoms in total. The van der Waals surface area contributed by atoms with Gasteiger partial charge in [0.1, 0.15) is 18.1 Å². The second kappa shape index (κ2) is 9.41. The first-order chi connectivity index (χ1) is 12.0. The number of benzene rings is 2. The summed E-state index contributed by atoms with van der Waals surface area (Å²) in [6.45, 7) is 0.216. The molecule has 0 spiro atoms. The Balaban J connectivity index is 1.86. The fraction of sp³-hybridized carbons (Fsp3) is 0.333. The van der Waals surface area contributed by atoms with Crippen LogP contribution < -0.4 is 14.2 Å². The molecule has 1 atom stereocenters. The van der Waals surface area contributed by atoms with E-state index in [-0.39, 0.29) is 18.9 Å². The Hall–Kier alpha value is -2.09. The van der Waals surface area contributed by atoms with Crippen LogP contribution in [0.5, 0.6) is 11.5 Å². The van der Waals surface area contributed by atoms with Crippen molar-refractivity contribution in [3.63, 3.8) is 0 Å². The topological polar surface area (TPSA) is 73.9 Å². The molecule has 2 aromatic rings. The zero-order valence-corrected chi connectivity index (χ0v) is 15.2. The molecule has 0 heterocycles. The summed E-state index contributed by atoms with van der Waals surface area (Å²) in [5, 5.41) is 0. The lowest BCUT2D eigenvalue weighted by Gasteiger charge is -2.17. The molecule has 0 radical (unpaired) electrons. The summed E-state index contributed by atoms with van der Waals surface area (Å²) in [5.74, 6) is 1.21. The van der Waals surface area contributed by atoms with Gasteiger partial charge < -0.3 is 14.2 Å². The molecule has 25 heavy (non-hydrogen) atoms. The molecule has 1 N–H and O–H groups in total. The normalized spacial score (nSPS) is 12.6. The van der Waals surface area contributed by atoms with Crippen molar-refractivity contribution in [2.24, 2.45) is 0 Å². The van der Waals surface area contributed by atoms with Gasteiger partial charge in [-0.3, -0.25) is 0 Å². The Morgan fingerprint density at radius 1 is 1.00 bits per heavy atom. The first-order valence-corrected chi connectivity index (χ1v) is 9.51. The molecular weight excluding hydrogens is 342 g/mol. The SMILES string of the molecule is COc1cccc(C(CNS(=O)(=O)CCOc2ccccc2)OC)c1. The minimum atomic E-state index is -3.47. The smallest absolute Gasteiger partial charge is 0.215 e. The van der Waals surface area contributed by atoms with E-state index in [1.165, 1.54) is 7.11 Å². The van der Waals surface area contributed by atoms with E-state index < -0.39 is 16.1 Å². The maximum absolute atomic E-state index is 12.1. The van der Waals surface area contributed by atoms with E-state index in [1.54, 1.807) is 19.2 Å². The van der Waals surface area contributed by atoms with Crippen molar-refractivity contribution in [2.75, 3.05) is 33.1 Å². The molecule has 0 aliphatic carbocycles. The first-order valence-electron chi connectivity index (χ1n) is 7.86. The highest BCUT2D eigenvalue weighted by Gasteiger charge is 2.16. The Morgan fingerprint density at radius 2 is 1.72 bits per heavy atom. The second-order valence-electron chi connectivity index (χ2n) is 5.33. The van der Waals surface area contributed by atoms with E-state index in [2.05, 4.69) is 4.72 Å². The number of rotatable bonds is 10. The molecule has 0 bridgehead atoms. The maximum Gasteiger partial charge on any atom is 0.215 e. The van der Waals surface area contributed by atoms with Gasteiger partial charge in [-0.2, -0.15) is 0 Å². The van der Waals surface area contributed by atoms with Crippen LogP contribution in [0.2, 0.25) is 0 Å². The van der Waals surface area contributed by atoms with Crippen molar-refractivity contribution >= 4 is 10.0 Å². The Bertz CT molecular complexity index is 749. The Kier molecular flexibility index (Phi) is 7.24. The summed E-state index contributed by atoms with van der Waals surface area (Å²) in [6.07, 6.45) is -0.403. The molecule has 136 valence electrons. The average molecular weight is 365 g/mol. The third kappa shape index (κ3) is 6.38. The second-order valence-corrected chi connectivity index (χ2v) is 7.26. The van der Waals surface area contributed by atoms with E-state index in [9.17, 15) is 8.42 Å². The van der Waals surface area contributed by atoms with Crippen molar-refractivity contribution in [3.8, 4) is 11.5 Å². The van der Waals surface area contributed by atoms with Gasteiger partial charge in [-0.05, 0) is 29.8 Å². The van der Waals surface area contributed by atoms with Crippen molar-refractivity contribution in [3.05, 3.63) is 60.2 Å². The number of hydrogen-bond donors (Lipinski definition) is 1. The quantitative estimate of drug-likeness (QED) is 0.700. The summed E-state index contributed by atoms with van der Waals surface area (Å²) >= 11 is 0. The lowest BCUT2D eigenvalue weighted by atomic mass is 10.1. The van der Waals surface area contributed by atoms with Gasteiger partial charge >= 0.3 is 0 Å². The number of para-hydroxylation sites is 1. The van der Waals surface area contributed by atoms with Crippen molar-refractivity contribution in [2.45, 2.75) is 6.10 Å². The Morgan fingerprint density at radius 3 is 2.40 bits per heavy atom. The minimum Gasteiger partial charge on any atom is -0.497 e. The highest BCUT2D eigenvalue weighted by Crippen LogP contribution is 2.21. The fourth-order valence-electron chi connectivity index (χ4n) is 2.24. The predicted molar refractivity (Wildman–Crippen MR) is 96.5 cm³/mol. The molecule has 1 unspecified atom stereocenters. The number of methoxy groups -OCH3 is 2. The van der Waals surface area contributed by atoms with Gasteiger partial charge in [0.2, 0.25) is 10.0 Å². The van der Waals surface area contributed by atoms with Crippen LogP contribution >= 0.6 is 0 Å². The van der Waals surface area contributed by atoms with Gasteiger partial charge in [0.15, 0.2) is 0 Å². The average Bonchev–Trinajstić information content (AvgIpc) is 2.63. The lowest BCUT2D eigenvalue weighted by molar-refractivity contribution is 0.107. The van der Waals surface area contributed by atoms with Crippen LogP contribution in [0.3, 0.4) is 0 Å². The predicted octanol–water partition coefficient (Wildman–Crippen LogP) is 2.38. The van der Waals surface area contributed by atoms with Crippen LogP contribution in [-0.4, -0.2) is 41.5 Å². The van der Waals surface area contributed by atoms with E-state index in [0.29, 0.717) is 11.5 Å². The number of nitrogens with one attached hydrogen (secondary N) is 1. The summed E-state index contributed by atoms with van der Waals surface area (Å²) in [6, 6.07) is 16.4. The standard InChI is InChI=1S/C18H23NO5S/c1-22-17-10-6-7-15(13-17)18(23-2)14-19-25(20,21)12-11-24-16-8-4-3-5-9-16/h3-10,13,18-19H,11-12,14H2,1-2H3. The van der Waals surface area contributed by atoms with Gasteiger partial charge in [-0.25, -0.2) is 13.1 Å². The largest absolute Gasteiger partial charge is 0.497 e. The minimum absolute atomic E-state index is 0.0795. The molecule has 0 aliphatic rings. The van der Waals surface area contributed by atoms with Gasteiger partial charge in [0.25, 0.3) is 0 Å². The monoisotopic (exact) mass is 365 g/mol. The van der Waals surface area contributed by atoms with Crippen molar-refractivity contribution < 1.29 is 22.6 Å². The van der Waals surface area contributed by atoms with Crippen LogP contribution in [0.25, 0.3) is 0 Å². The van der Waals surface area contributed by atoms with Crippen LogP contribution in [-0.2, 0) is 14.8 Å². The van der Waals surface area contributed by atoms with Gasteiger partial charge in [-0.15, -0.1) is 0 Å². The Labute approximate surface area is 148 Å². The van der Waals surface area contributed by atoms with Crippen molar-refractivity contribution in [1.82, 2.24) is 4.72 Å². The van der Waals surface area contributed by atoms with Crippen LogP contribution in [0.15, 0.2) is 54.6 Å². The number of sulfonamides is 1. The summed E-state index contributed by atoms with van der Waals surface area (Å²) in [7, 11) is -0.348. The summed E-state index contributed by atoms with van der Waals surface area (Å²) in [4.78, 5) is 0. The third-order valence-electron chi connectivity index (χ3n) is 3.60. The molecule has 0 saturated heterocycles. The van der Waals surface area contributed by atoms with Crippen LogP contribution in [0.4, 0.5) is 0 Å². The highest BCUT2D eigenvalue weighted by atomic mass is 32.2. The highest BCUT2D eigenvalue weighted by molar-refractivity contribution is 7.89. The maximum atomic E-state index is 12.1. The molecule has 2 aromatic carbocycles. The lowest BCUT2D eigenvalue weighted by Crippen LogP contribution is -2.33. The van der Waals surface area contributed by atoms with E-state index >= 15 is 0 Å². The molecule has 0 amide bonds. The van der Waals surface area contributed by atoms with Crippen LogP contribution in [0, 0.1) is 0 Å². The van der Waals surface area contributed by atoms with E-state index in [1.807, 2.05) is 42.5 Å². The van der Waals surface area contributed by atoms with E-state index in [0.717, 1.165) is 5.56 Å². The van der Waals surface area contributed by atoms with E-state index in [4.69, 9.17) is 14.2 Å². The number of ether oxygens (including phenoxy) is 3. The zero-order chi connectivity index (χ0) is 18.1. The first kappa shape index (κ1) is 19.2. The third-order valence-corrected chi connectivity index (χ3v) is 4.91. The molecular formula is C18H23NO5S. The molecule has 0 fully saturated rings. The summed E-state index contributed by atoms with van der Waals surface area (Å²) in [5.41, 5.74) is 0.838. The van der Waals surface area contributed by atoms with Gasteiger partial charge in [-0.1, -0.05) is 30.3 Å². The molecule has 0 aromatic heterocycles. The van der Waals surface area contributed by atoms with Gasteiger partial charge in [0.05, 0.1) is 19.0 Å². The zero-order valence-electron chi connectivity index (χ0n) is 14.3. The number of hydrogen-bond acceptors (Lipinski definition) is 5. The molecule has 0 saturated carbocycles. The molecule has 2 rings (SSSR count). The molecule has 7 heteroatoms.